The number of rotatable bonds is 3. The number of nitrogens with one attached hydrogen (secondary N) is 1. The van der Waals surface area contributed by atoms with Gasteiger partial charge in [0.15, 0.2) is 5.96 Å². The Morgan fingerprint density at radius 2 is 2.13 bits per heavy atom. The second-order valence-corrected chi connectivity index (χ2v) is 6.48. The Bertz CT molecular complexity index is 538. The molecule has 2 aliphatic rings. The Kier molecular flexibility index (Phi) is 5.43. The number of guanidine groups is 1. The van der Waals surface area contributed by atoms with E-state index in [1.165, 1.54) is 38.8 Å². The summed E-state index contributed by atoms with van der Waals surface area (Å²) in [6.45, 7) is 7.32. The van der Waals surface area contributed by atoms with E-state index < -0.39 is 0 Å². The topological polar surface area (TPSA) is 56.7 Å². The smallest absolute Gasteiger partial charge is 0.194 e. The maximum absolute atomic E-state index is 4.46. The minimum Gasteiger partial charge on any atom is -0.351 e. The molecular formula is C17H28N6. The van der Waals surface area contributed by atoms with Crippen molar-refractivity contribution in [1.82, 2.24) is 25.1 Å². The summed E-state index contributed by atoms with van der Waals surface area (Å²) >= 11 is 0. The molecule has 3 heterocycles. The van der Waals surface area contributed by atoms with E-state index in [1.807, 2.05) is 26.2 Å². The van der Waals surface area contributed by atoms with E-state index in [1.54, 1.807) is 0 Å². The lowest BCUT2D eigenvalue weighted by Crippen LogP contribution is -2.44. The zero-order valence-corrected chi connectivity index (χ0v) is 14.3. The average molecular weight is 316 g/mol. The molecule has 0 aromatic carbocycles. The molecule has 0 spiro atoms. The fraction of sp³-hybridized carbons (Fsp3) is 0.706. The van der Waals surface area contributed by atoms with Crippen molar-refractivity contribution in [2.24, 2.45) is 4.99 Å². The first-order valence-electron chi connectivity index (χ1n) is 8.74. The molecule has 0 bridgehead atoms. The highest BCUT2D eigenvalue weighted by Gasteiger charge is 2.29. The van der Waals surface area contributed by atoms with Crippen molar-refractivity contribution < 1.29 is 0 Å². The van der Waals surface area contributed by atoms with E-state index >= 15 is 0 Å². The highest BCUT2D eigenvalue weighted by Crippen LogP contribution is 2.20. The summed E-state index contributed by atoms with van der Waals surface area (Å²) in [4.78, 5) is 18.1. The van der Waals surface area contributed by atoms with E-state index in [4.69, 9.17) is 0 Å². The van der Waals surface area contributed by atoms with Gasteiger partial charge >= 0.3 is 0 Å². The number of hydrogen-bond donors (Lipinski definition) is 1. The van der Waals surface area contributed by atoms with Gasteiger partial charge in [0, 0.05) is 32.4 Å². The van der Waals surface area contributed by atoms with Crippen molar-refractivity contribution in [2.45, 2.75) is 45.2 Å². The molecular weight excluding hydrogens is 288 g/mol. The maximum Gasteiger partial charge on any atom is 0.194 e. The molecule has 23 heavy (non-hydrogen) atoms. The second kappa shape index (κ2) is 7.73. The zero-order chi connectivity index (χ0) is 16.1. The quantitative estimate of drug-likeness (QED) is 0.675. The lowest BCUT2D eigenvalue weighted by molar-refractivity contribution is 0.168. The van der Waals surface area contributed by atoms with Crippen LogP contribution in [0.3, 0.4) is 0 Å². The van der Waals surface area contributed by atoms with Gasteiger partial charge in [-0.1, -0.05) is 6.42 Å². The van der Waals surface area contributed by atoms with Gasteiger partial charge in [-0.3, -0.25) is 9.89 Å². The van der Waals surface area contributed by atoms with Crippen LogP contribution in [0.15, 0.2) is 17.3 Å². The summed E-state index contributed by atoms with van der Waals surface area (Å²) in [6, 6.07) is 2.64. The Labute approximate surface area is 139 Å². The minimum atomic E-state index is 0.690. The van der Waals surface area contributed by atoms with E-state index in [-0.39, 0.29) is 0 Å². The summed E-state index contributed by atoms with van der Waals surface area (Å²) in [6.07, 6.45) is 7.17. The fourth-order valence-electron chi connectivity index (χ4n) is 3.62. The van der Waals surface area contributed by atoms with Crippen LogP contribution in [0, 0.1) is 6.92 Å². The number of nitrogens with zero attached hydrogens (tertiary/aromatic N) is 5. The molecule has 2 fully saturated rings. The van der Waals surface area contributed by atoms with Crippen LogP contribution in [0.4, 0.5) is 0 Å². The molecule has 1 aromatic rings. The molecule has 2 saturated heterocycles. The zero-order valence-electron chi connectivity index (χ0n) is 14.3. The second-order valence-electron chi connectivity index (χ2n) is 6.48. The highest BCUT2D eigenvalue weighted by molar-refractivity contribution is 5.80. The van der Waals surface area contributed by atoms with Crippen LogP contribution >= 0.6 is 0 Å². The van der Waals surface area contributed by atoms with Crippen LogP contribution < -0.4 is 5.32 Å². The average Bonchev–Trinajstić information content (AvgIpc) is 3.06. The van der Waals surface area contributed by atoms with Crippen molar-refractivity contribution >= 4 is 5.96 Å². The molecule has 2 aliphatic heterocycles. The van der Waals surface area contributed by atoms with Crippen molar-refractivity contribution in [2.75, 3.05) is 33.2 Å². The Balaban J connectivity index is 1.53. The first-order chi connectivity index (χ1) is 11.3. The number of hydrogen-bond acceptors (Lipinski definition) is 4. The van der Waals surface area contributed by atoms with Gasteiger partial charge in [-0.15, -0.1) is 0 Å². The molecule has 0 radical (unpaired) electrons. The van der Waals surface area contributed by atoms with Gasteiger partial charge in [0.05, 0.1) is 12.2 Å². The molecule has 0 aliphatic carbocycles. The highest BCUT2D eigenvalue weighted by atomic mass is 15.3. The lowest BCUT2D eigenvalue weighted by atomic mass is 10.1. The van der Waals surface area contributed by atoms with Gasteiger partial charge in [0.25, 0.3) is 0 Å². The van der Waals surface area contributed by atoms with E-state index in [2.05, 4.69) is 30.1 Å². The fourth-order valence-corrected chi connectivity index (χ4v) is 3.62. The summed E-state index contributed by atoms with van der Waals surface area (Å²) in [5, 5.41) is 3.45. The van der Waals surface area contributed by atoms with E-state index in [0.717, 1.165) is 30.6 Å². The summed E-state index contributed by atoms with van der Waals surface area (Å²) in [5.41, 5.74) is 1.01. The van der Waals surface area contributed by atoms with Crippen LogP contribution in [0.1, 0.15) is 37.2 Å². The predicted molar refractivity (Wildman–Crippen MR) is 92.4 cm³/mol. The van der Waals surface area contributed by atoms with Crippen LogP contribution in [0.5, 0.6) is 0 Å². The SMILES string of the molecule is CN=C(NCc1ccnc(C)n1)N1CCC(N2CCCCC2)C1. The minimum absolute atomic E-state index is 0.690. The Morgan fingerprint density at radius 1 is 1.30 bits per heavy atom. The summed E-state index contributed by atoms with van der Waals surface area (Å²) in [7, 11) is 1.86. The van der Waals surface area contributed by atoms with Gasteiger partial charge in [-0.05, 0) is 45.3 Å². The molecule has 126 valence electrons. The van der Waals surface area contributed by atoms with E-state index in [9.17, 15) is 0 Å². The van der Waals surface area contributed by atoms with Gasteiger partial charge in [-0.25, -0.2) is 9.97 Å². The monoisotopic (exact) mass is 316 g/mol. The standard InChI is InChI=1S/C17H28N6/c1-14-19-8-6-15(21-14)12-20-17(18-2)23-11-7-16(13-23)22-9-4-3-5-10-22/h6,8,16H,3-5,7,9-13H2,1-2H3,(H,18,20). The molecule has 1 N–H and O–H groups in total. The molecule has 6 nitrogen and oxygen atoms in total. The van der Waals surface area contributed by atoms with Crippen molar-refractivity contribution in [1.29, 1.82) is 0 Å². The largest absolute Gasteiger partial charge is 0.351 e. The molecule has 1 unspecified atom stereocenters. The van der Waals surface area contributed by atoms with Crippen molar-refractivity contribution in [3.63, 3.8) is 0 Å². The molecule has 3 rings (SSSR count). The molecule has 0 saturated carbocycles. The summed E-state index contributed by atoms with van der Waals surface area (Å²) < 4.78 is 0. The normalized spacial score (nSPS) is 23.3. The van der Waals surface area contributed by atoms with Gasteiger partial charge in [-0.2, -0.15) is 0 Å². The third-order valence-electron chi connectivity index (χ3n) is 4.84. The first kappa shape index (κ1) is 16.2. The Morgan fingerprint density at radius 3 is 2.87 bits per heavy atom. The third kappa shape index (κ3) is 4.19. The molecule has 0 amide bonds. The van der Waals surface area contributed by atoms with Crippen molar-refractivity contribution in [3.05, 3.63) is 23.8 Å². The van der Waals surface area contributed by atoms with Gasteiger partial charge in [0.2, 0.25) is 0 Å². The molecule has 6 heteroatoms. The number of likely N-dealkylation sites (tertiary alicyclic amines) is 2. The maximum atomic E-state index is 4.46. The predicted octanol–water partition coefficient (Wildman–Crippen LogP) is 1.42. The molecule has 1 aromatic heterocycles. The number of piperidine rings is 1. The number of aromatic nitrogens is 2. The van der Waals surface area contributed by atoms with Gasteiger partial charge < -0.3 is 10.2 Å². The Hall–Kier alpha value is -1.69. The summed E-state index contributed by atoms with van der Waals surface area (Å²) in [5.74, 6) is 1.80. The van der Waals surface area contributed by atoms with Crippen LogP contribution in [-0.4, -0.2) is 65.0 Å². The van der Waals surface area contributed by atoms with Crippen LogP contribution in [0.2, 0.25) is 0 Å². The lowest BCUT2D eigenvalue weighted by Gasteiger charge is -2.32. The van der Waals surface area contributed by atoms with Crippen LogP contribution in [-0.2, 0) is 6.54 Å². The van der Waals surface area contributed by atoms with Gasteiger partial charge in [0.1, 0.15) is 5.82 Å². The van der Waals surface area contributed by atoms with Crippen molar-refractivity contribution in [3.8, 4) is 0 Å². The van der Waals surface area contributed by atoms with Crippen LogP contribution in [0.25, 0.3) is 0 Å². The first-order valence-corrected chi connectivity index (χ1v) is 8.74. The third-order valence-corrected chi connectivity index (χ3v) is 4.84. The number of aryl methyl sites for hydroxylation is 1. The molecule has 1 atom stereocenters. The van der Waals surface area contributed by atoms with E-state index in [0.29, 0.717) is 12.6 Å². The number of aliphatic imine (C=N–C) groups is 1.